The summed E-state index contributed by atoms with van der Waals surface area (Å²) in [5, 5.41) is 5.86. The van der Waals surface area contributed by atoms with Gasteiger partial charge in [-0.25, -0.2) is 4.39 Å². The monoisotopic (exact) mass is 336 g/mol. The zero-order valence-electron chi connectivity index (χ0n) is 12.2. The first-order valence-electron chi connectivity index (χ1n) is 6.95. The van der Waals surface area contributed by atoms with E-state index in [1.807, 2.05) is 0 Å². The van der Waals surface area contributed by atoms with Crippen LogP contribution in [-0.4, -0.2) is 18.7 Å². The van der Waals surface area contributed by atoms with Crippen LogP contribution in [0.2, 0.25) is 5.02 Å². The van der Waals surface area contributed by atoms with Gasteiger partial charge in [0.25, 0.3) is 0 Å². The zero-order valence-corrected chi connectivity index (χ0v) is 13.0. The topological polar surface area (TPSA) is 59.6 Å². The van der Waals surface area contributed by atoms with Gasteiger partial charge in [-0.15, -0.1) is 0 Å². The summed E-state index contributed by atoms with van der Waals surface area (Å²) < 4.78 is 23.5. The van der Waals surface area contributed by atoms with Crippen molar-refractivity contribution in [2.24, 2.45) is 0 Å². The molecule has 1 atom stereocenters. The predicted molar refractivity (Wildman–Crippen MR) is 85.7 cm³/mol. The van der Waals surface area contributed by atoms with Crippen LogP contribution in [0.15, 0.2) is 36.4 Å². The molecule has 2 N–H and O–H groups in total. The minimum atomic E-state index is -0.531. The number of amides is 1. The van der Waals surface area contributed by atoms with Crippen molar-refractivity contribution < 1.29 is 18.7 Å². The van der Waals surface area contributed by atoms with Gasteiger partial charge in [-0.2, -0.15) is 0 Å². The minimum Gasteiger partial charge on any atom is -0.454 e. The van der Waals surface area contributed by atoms with E-state index >= 15 is 0 Å². The Morgan fingerprint density at radius 1 is 1.22 bits per heavy atom. The lowest BCUT2D eigenvalue weighted by atomic mass is 10.2. The van der Waals surface area contributed by atoms with Crippen molar-refractivity contribution in [3.8, 4) is 11.5 Å². The Bertz CT molecular complexity index is 754. The molecule has 0 fully saturated rings. The van der Waals surface area contributed by atoms with Crippen LogP contribution in [0.25, 0.3) is 0 Å². The highest BCUT2D eigenvalue weighted by Crippen LogP contribution is 2.34. The van der Waals surface area contributed by atoms with Crippen LogP contribution in [0.4, 0.5) is 15.8 Å². The van der Waals surface area contributed by atoms with Crippen molar-refractivity contribution >= 4 is 28.9 Å². The fourth-order valence-corrected chi connectivity index (χ4v) is 2.35. The third-order valence-corrected chi connectivity index (χ3v) is 3.65. The number of benzene rings is 2. The summed E-state index contributed by atoms with van der Waals surface area (Å²) in [6.07, 6.45) is 0. The van der Waals surface area contributed by atoms with E-state index in [1.54, 1.807) is 25.1 Å². The molecule has 1 amide bonds. The molecule has 0 saturated carbocycles. The van der Waals surface area contributed by atoms with Crippen LogP contribution < -0.4 is 20.1 Å². The van der Waals surface area contributed by atoms with E-state index in [9.17, 15) is 9.18 Å². The summed E-state index contributed by atoms with van der Waals surface area (Å²) in [5.74, 6) is 0.547. The molecule has 7 heteroatoms. The van der Waals surface area contributed by atoms with Gasteiger partial charge in [0.1, 0.15) is 11.9 Å². The standard InChI is InChI=1S/C16H14ClFN2O3/c1-9(16(21)20-13-4-2-10(18)6-12(13)17)19-11-3-5-14-15(7-11)23-8-22-14/h2-7,9,19H,8H2,1H3,(H,20,21). The number of fused-ring (bicyclic) bond motifs is 1. The molecule has 2 aromatic carbocycles. The summed E-state index contributed by atoms with van der Waals surface area (Å²) in [7, 11) is 0. The average molecular weight is 337 g/mol. The smallest absolute Gasteiger partial charge is 0.246 e. The summed E-state index contributed by atoms with van der Waals surface area (Å²) >= 11 is 5.90. The Hall–Kier alpha value is -2.47. The number of nitrogens with one attached hydrogen (secondary N) is 2. The summed E-state index contributed by atoms with van der Waals surface area (Å²) in [4.78, 5) is 12.2. The molecule has 1 aliphatic heterocycles. The SMILES string of the molecule is CC(Nc1ccc2c(c1)OCO2)C(=O)Nc1ccc(F)cc1Cl. The van der Waals surface area contributed by atoms with Gasteiger partial charge in [0.15, 0.2) is 11.5 Å². The molecule has 0 saturated heterocycles. The molecule has 23 heavy (non-hydrogen) atoms. The van der Waals surface area contributed by atoms with Crippen molar-refractivity contribution in [3.63, 3.8) is 0 Å². The third-order valence-electron chi connectivity index (χ3n) is 3.34. The van der Waals surface area contributed by atoms with Crippen LogP contribution in [0.1, 0.15) is 6.92 Å². The maximum absolute atomic E-state index is 13.0. The highest BCUT2D eigenvalue weighted by Gasteiger charge is 2.17. The maximum Gasteiger partial charge on any atom is 0.246 e. The molecule has 5 nitrogen and oxygen atoms in total. The second-order valence-electron chi connectivity index (χ2n) is 5.05. The second-order valence-corrected chi connectivity index (χ2v) is 5.45. The highest BCUT2D eigenvalue weighted by atomic mass is 35.5. The van der Waals surface area contributed by atoms with Crippen molar-refractivity contribution in [3.05, 3.63) is 47.2 Å². The molecule has 0 spiro atoms. The Morgan fingerprint density at radius 2 is 2.00 bits per heavy atom. The molecule has 0 radical (unpaired) electrons. The predicted octanol–water partition coefficient (Wildman–Crippen LogP) is 3.65. The third kappa shape index (κ3) is 3.48. The van der Waals surface area contributed by atoms with E-state index in [4.69, 9.17) is 21.1 Å². The van der Waals surface area contributed by atoms with Gasteiger partial charge in [0.05, 0.1) is 10.7 Å². The lowest BCUT2D eigenvalue weighted by Crippen LogP contribution is -2.31. The van der Waals surface area contributed by atoms with Crippen LogP contribution >= 0.6 is 11.6 Å². The number of rotatable bonds is 4. The molecule has 1 heterocycles. The van der Waals surface area contributed by atoms with Crippen molar-refractivity contribution in [1.29, 1.82) is 0 Å². The summed E-state index contributed by atoms with van der Waals surface area (Å²) in [5.41, 5.74) is 1.08. The second kappa shape index (κ2) is 6.34. The average Bonchev–Trinajstić information content (AvgIpc) is 2.97. The molecule has 1 aliphatic rings. The minimum absolute atomic E-state index is 0.147. The van der Waals surface area contributed by atoms with Crippen LogP contribution in [0, 0.1) is 5.82 Å². The molecule has 0 aliphatic carbocycles. The Balaban J connectivity index is 1.65. The number of ether oxygens (including phenoxy) is 2. The first kappa shape index (κ1) is 15.4. The number of anilines is 2. The van der Waals surface area contributed by atoms with Gasteiger partial charge in [-0.05, 0) is 37.3 Å². The quantitative estimate of drug-likeness (QED) is 0.894. The molecule has 3 rings (SSSR count). The lowest BCUT2D eigenvalue weighted by molar-refractivity contribution is -0.116. The van der Waals surface area contributed by atoms with Gasteiger partial charge < -0.3 is 20.1 Å². The first-order chi connectivity index (χ1) is 11.0. The number of carbonyl (C=O) groups is 1. The Morgan fingerprint density at radius 3 is 2.78 bits per heavy atom. The maximum atomic E-state index is 13.0. The number of carbonyl (C=O) groups excluding carboxylic acids is 1. The number of hydrogen-bond acceptors (Lipinski definition) is 4. The van der Waals surface area contributed by atoms with E-state index in [0.717, 1.165) is 11.8 Å². The van der Waals surface area contributed by atoms with Gasteiger partial charge in [-0.3, -0.25) is 4.79 Å². The van der Waals surface area contributed by atoms with Gasteiger partial charge >= 0.3 is 0 Å². The Kier molecular flexibility index (Phi) is 4.25. The van der Waals surface area contributed by atoms with E-state index < -0.39 is 11.9 Å². The normalized spacial score (nSPS) is 13.5. The van der Waals surface area contributed by atoms with Crippen LogP contribution in [0.3, 0.4) is 0 Å². The number of halogens is 2. The first-order valence-corrected chi connectivity index (χ1v) is 7.33. The Labute approximate surface area is 137 Å². The zero-order chi connectivity index (χ0) is 16.4. The molecule has 0 aromatic heterocycles. The van der Waals surface area contributed by atoms with Gasteiger partial charge in [0, 0.05) is 11.8 Å². The highest BCUT2D eigenvalue weighted by molar-refractivity contribution is 6.33. The molecular weight excluding hydrogens is 323 g/mol. The molecule has 0 bridgehead atoms. The summed E-state index contributed by atoms with van der Waals surface area (Å²) in [6.45, 7) is 1.90. The van der Waals surface area contributed by atoms with Crippen LogP contribution in [0.5, 0.6) is 11.5 Å². The van der Waals surface area contributed by atoms with E-state index in [2.05, 4.69) is 10.6 Å². The number of hydrogen-bond donors (Lipinski definition) is 2. The van der Waals surface area contributed by atoms with Crippen molar-refractivity contribution in [2.75, 3.05) is 17.4 Å². The fourth-order valence-electron chi connectivity index (χ4n) is 2.13. The van der Waals surface area contributed by atoms with E-state index in [1.165, 1.54) is 12.1 Å². The molecule has 2 aromatic rings. The largest absolute Gasteiger partial charge is 0.454 e. The van der Waals surface area contributed by atoms with Gasteiger partial charge in [-0.1, -0.05) is 11.6 Å². The summed E-state index contributed by atoms with van der Waals surface area (Å²) in [6, 6.07) is 8.59. The molecule has 120 valence electrons. The molecule has 1 unspecified atom stereocenters. The van der Waals surface area contributed by atoms with Crippen molar-refractivity contribution in [2.45, 2.75) is 13.0 Å². The molecular formula is C16H14ClFN2O3. The van der Waals surface area contributed by atoms with Crippen LogP contribution in [-0.2, 0) is 4.79 Å². The van der Waals surface area contributed by atoms with Gasteiger partial charge in [0.2, 0.25) is 12.7 Å². The van der Waals surface area contributed by atoms with E-state index in [-0.39, 0.29) is 17.7 Å². The van der Waals surface area contributed by atoms with Crippen molar-refractivity contribution in [1.82, 2.24) is 0 Å². The fraction of sp³-hybridized carbons (Fsp3) is 0.188. The lowest BCUT2D eigenvalue weighted by Gasteiger charge is -2.16. The van der Waals surface area contributed by atoms with E-state index in [0.29, 0.717) is 17.2 Å².